The molecular formula is C18H21N3O2S. The highest BCUT2D eigenvalue weighted by molar-refractivity contribution is 7.10. The van der Waals surface area contributed by atoms with Gasteiger partial charge in [0.1, 0.15) is 0 Å². The van der Waals surface area contributed by atoms with Gasteiger partial charge in [-0.3, -0.25) is 4.79 Å². The summed E-state index contributed by atoms with van der Waals surface area (Å²) in [5.41, 5.74) is 7.80. The lowest BCUT2D eigenvalue weighted by atomic mass is 10.1. The van der Waals surface area contributed by atoms with E-state index in [1.54, 1.807) is 4.90 Å². The van der Waals surface area contributed by atoms with Gasteiger partial charge in [-0.15, -0.1) is 11.3 Å². The molecule has 1 aliphatic carbocycles. The summed E-state index contributed by atoms with van der Waals surface area (Å²) < 4.78 is 0. The van der Waals surface area contributed by atoms with Crippen LogP contribution in [0.4, 0.5) is 4.79 Å². The van der Waals surface area contributed by atoms with Crippen LogP contribution in [0.3, 0.4) is 0 Å². The molecule has 3 amide bonds. The lowest BCUT2D eigenvalue weighted by Crippen LogP contribution is -2.37. The van der Waals surface area contributed by atoms with Crippen molar-refractivity contribution in [2.75, 3.05) is 7.05 Å². The summed E-state index contributed by atoms with van der Waals surface area (Å²) >= 11 is 1.51. The molecular weight excluding hydrogens is 322 g/mol. The molecule has 5 nitrogen and oxygen atoms in total. The minimum atomic E-state index is -0.616. The molecule has 1 heterocycles. The van der Waals surface area contributed by atoms with E-state index in [1.165, 1.54) is 22.5 Å². The van der Waals surface area contributed by atoms with Crippen molar-refractivity contribution in [1.82, 2.24) is 10.2 Å². The van der Waals surface area contributed by atoms with Crippen molar-refractivity contribution in [2.24, 2.45) is 5.73 Å². The number of primary amides is 1. The monoisotopic (exact) mass is 343 g/mol. The number of hydrogen-bond donors (Lipinski definition) is 2. The molecule has 2 unspecified atom stereocenters. The van der Waals surface area contributed by atoms with E-state index >= 15 is 0 Å². The number of benzene rings is 1. The maximum Gasteiger partial charge on any atom is 0.312 e. The van der Waals surface area contributed by atoms with E-state index in [2.05, 4.69) is 17.4 Å². The Balaban J connectivity index is 1.72. The Kier molecular flexibility index (Phi) is 4.85. The molecule has 2 aromatic rings. The summed E-state index contributed by atoms with van der Waals surface area (Å²) in [6.07, 6.45) is 2.14. The Hall–Kier alpha value is -2.34. The summed E-state index contributed by atoms with van der Waals surface area (Å²) in [5.74, 6) is 0.00357. The van der Waals surface area contributed by atoms with E-state index in [9.17, 15) is 9.59 Å². The van der Waals surface area contributed by atoms with Crippen LogP contribution in [-0.2, 0) is 11.2 Å². The number of nitrogens with one attached hydrogen (secondary N) is 1. The molecule has 126 valence electrons. The molecule has 1 aliphatic rings. The topological polar surface area (TPSA) is 75.4 Å². The van der Waals surface area contributed by atoms with Crippen LogP contribution in [0.25, 0.3) is 0 Å². The quantitative estimate of drug-likeness (QED) is 0.876. The van der Waals surface area contributed by atoms with Gasteiger partial charge in [0.2, 0.25) is 5.91 Å². The standard InChI is InChI=1S/C18H21N3O2S/c1-21(15-9-8-12-5-2-3-6-13(12)15)17(22)11-14(20-18(19)23)16-7-4-10-24-16/h2-7,10,14-15H,8-9,11H2,1H3,(H3,19,20,23). The molecule has 0 spiro atoms. The van der Waals surface area contributed by atoms with E-state index < -0.39 is 6.03 Å². The average molecular weight is 343 g/mol. The predicted molar refractivity (Wildman–Crippen MR) is 94.7 cm³/mol. The van der Waals surface area contributed by atoms with Crippen LogP contribution in [0, 0.1) is 0 Å². The Bertz CT molecular complexity index is 730. The fraction of sp³-hybridized carbons (Fsp3) is 0.333. The molecule has 24 heavy (non-hydrogen) atoms. The zero-order chi connectivity index (χ0) is 17.1. The third-order valence-corrected chi connectivity index (χ3v) is 5.53. The second kappa shape index (κ2) is 7.05. The molecule has 0 saturated heterocycles. The van der Waals surface area contributed by atoms with Crippen molar-refractivity contribution in [3.05, 3.63) is 57.8 Å². The maximum absolute atomic E-state index is 12.8. The van der Waals surface area contributed by atoms with Gasteiger partial charge in [-0.05, 0) is 35.4 Å². The van der Waals surface area contributed by atoms with E-state index in [0.29, 0.717) is 0 Å². The first kappa shape index (κ1) is 16.5. The van der Waals surface area contributed by atoms with Crippen LogP contribution in [0.15, 0.2) is 41.8 Å². The fourth-order valence-electron chi connectivity index (χ4n) is 3.31. The Morgan fingerprint density at radius 1 is 1.33 bits per heavy atom. The van der Waals surface area contributed by atoms with Crippen molar-refractivity contribution in [3.63, 3.8) is 0 Å². The van der Waals surface area contributed by atoms with E-state index in [0.717, 1.165) is 17.7 Å². The number of fused-ring (bicyclic) bond motifs is 1. The van der Waals surface area contributed by atoms with Crippen molar-refractivity contribution in [2.45, 2.75) is 31.3 Å². The largest absolute Gasteiger partial charge is 0.352 e. The minimum Gasteiger partial charge on any atom is -0.352 e. The summed E-state index contributed by atoms with van der Waals surface area (Å²) in [7, 11) is 1.84. The highest BCUT2D eigenvalue weighted by atomic mass is 32.1. The minimum absolute atomic E-state index is 0.00357. The number of nitrogens with two attached hydrogens (primary N) is 1. The number of thiophene rings is 1. The van der Waals surface area contributed by atoms with Crippen molar-refractivity contribution < 1.29 is 9.59 Å². The second-order valence-electron chi connectivity index (χ2n) is 6.04. The Labute approximate surface area is 145 Å². The van der Waals surface area contributed by atoms with E-state index in [-0.39, 0.29) is 24.4 Å². The van der Waals surface area contributed by atoms with E-state index in [1.807, 2.05) is 36.7 Å². The molecule has 0 aliphatic heterocycles. The van der Waals surface area contributed by atoms with Crippen molar-refractivity contribution >= 4 is 23.3 Å². The average Bonchev–Trinajstić information content (AvgIpc) is 3.22. The van der Waals surface area contributed by atoms with Crippen LogP contribution in [0.5, 0.6) is 0 Å². The number of hydrogen-bond acceptors (Lipinski definition) is 3. The molecule has 0 radical (unpaired) electrons. The highest BCUT2D eigenvalue weighted by Crippen LogP contribution is 2.35. The normalized spacial score (nSPS) is 17.1. The lowest BCUT2D eigenvalue weighted by Gasteiger charge is -2.27. The maximum atomic E-state index is 12.8. The smallest absolute Gasteiger partial charge is 0.312 e. The van der Waals surface area contributed by atoms with Crippen LogP contribution in [0.2, 0.25) is 0 Å². The lowest BCUT2D eigenvalue weighted by molar-refractivity contribution is -0.132. The number of nitrogens with zero attached hydrogens (tertiary/aromatic N) is 1. The fourth-order valence-corrected chi connectivity index (χ4v) is 4.09. The van der Waals surface area contributed by atoms with Gasteiger partial charge in [0.25, 0.3) is 0 Å². The first-order valence-electron chi connectivity index (χ1n) is 7.99. The Morgan fingerprint density at radius 3 is 2.83 bits per heavy atom. The summed E-state index contributed by atoms with van der Waals surface area (Å²) in [6.45, 7) is 0. The number of carbonyl (C=O) groups excluding carboxylic acids is 2. The molecule has 3 rings (SSSR count). The van der Waals surface area contributed by atoms with E-state index in [4.69, 9.17) is 5.73 Å². The van der Waals surface area contributed by atoms with Gasteiger partial charge >= 0.3 is 6.03 Å². The first-order chi connectivity index (χ1) is 11.6. The SMILES string of the molecule is CN(C(=O)CC(NC(N)=O)c1cccs1)C1CCc2ccccc21. The van der Waals surface area contributed by atoms with Gasteiger partial charge in [0.05, 0.1) is 18.5 Å². The molecule has 1 aromatic carbocycles. The van der Waals surface area contributed by atoms with Crippen molar-refractivity contribution in [3.8, 4) is 0 Å². The molecule has 0 bridgehead atoms. The number of carbonyl (C=O) groups is 2. The number of urea groups is 1. The third-order valence-electron chi connectivity index (χ3n) is 4.54. The molecule has 6 heteroatoms. The molecule has 0 saturated carbocycles. The number of rotatable bonds is 5. The number of amides is 3. The van der Waals surface area contributed by atoms with Crippen molar-refractivity contribution in [1.29, 1.82) is 0 Å². The molecule has 3 N–H and O–H groups in total. The van der Waals surface area contributed by atoms with Crippen LogP contribution < -0.4 is 11.1 Å². The van der Waals surface area contributed by atoms with Gasteiger partial charge < -0.3 is 16.0 Å². The number of aryl methyl sites for hydroxylation is 1. The van der Waals surface area contributed by atoms with Gasteiger partial charge in [-0.2, -0.15) is 0 Å². The summed E-state index contributed by atoms with van der Waals surface area (Å²) in [4.78, 5) is 26.8. The molecule has 2 atom stereocenters. The van der Waals surface area contributed by atoms with Crippen LogP contribution in [0.1, 0.15) is 40.9 Å². The van der Waals surface area contributed by atoms with Gasteiger partial charge in [-0.25, -0.2) is 4.79 Å². The van der Waals surface area contributed by atoms with Crippen LogP contribution >= 0.6 is 11.3 Å². The van der Waals surface area contributed by atoms with Gasteiger partial charge in [0.15, 0.2) is 0 Å². The zero-order valence-electron chi connectivity index (χ0n) is 13.6. The van der Waals surface area contributed by atoms with Gasteiger partial charge in [-0.1, -0.05) is 30.3 Å². The molecule has 0 fully saturated rings. The second-order valence-corrected chi connectivity index (χ2v) is 7.02. The highest BCUT2D eigenvalue weighted by Gasteiger charge is 2.30. The first-order valence-corrected chi connectivity index (χ1v) is 8.87. The zero-order valence-corrected chi connectivity index (χ0v) is 14.4. The summed E-state index contributed by atoms with van der Waals surface area (Å²) in [5, 5.41) is 4.60. The Morgan fingerprint density at radius 2 is 2.12 bits per heavy atom. The predicted octanol–water partition coefficient (Wildman–Crippen LogP) is 2.99. The summed E-state index contributed by atoms with van der Waals surface area (Å²) in [6, 6.07) is 11.2. The van der Waals surface area contributed by atoms with Crippen LogP contribution in [-0.4, -0.2) is 23.9 Å². The molecule has 1 aromatic heterocycles. The van der Waals surface area contributed by atoms with Gasteiger partial charge in [0, 0.05) is 11.9 Å². The third kappa shape index (κ3) is 3.43.